The predicted octanol–water partition coefficient (Wildman–Crippen LogP) is 2.62. The average molecular weight is 314 g/mol. The van der Waals surface area contributed by atoms with E-state index in [1.807, 2.05) is 19.0 Å². The van der Waals surface area contributed by atoms with E-state index in [9.17, 15) is 4.79 Å². The van der Waals surface area contributed by atoms with E-state index in [1.165, 1.54) is 16.5 Å². The number of urea groups is 1. The van der Waals surface area contributed by atoms with Crippen molar-refractivity contribution < 1.29 is 4.79 Å². The number of aromatic amines is 1. The van der Waals surface area contributed by atoms with Crippen molar-refractivity contribution in [1.29, 1.82) is 0 Å². The largest absolute Gasteiger partial charge is 0.361 e. The fourth-order valence-corrected chi connectivity index (χ4v) is 3.32. The summed E-state index contributed by atoms with van der Waals surface area (Å²) in [5.41, 5.74) is 2.60. The first-order chi connectivity index (χ1) is 11.1. The minimum Gasteiger partial charge on any atom is -0.361 e. The van der Waals surface area contributed by atoms with Gasteiger partial charge in [0.25, 0.3) is 0 Å². The van der Waals surface area contributed by atoms with E-state index >= 15 is 0 Å². The molecule has 0 radical (unpaired) electrons. The van der Waals surface area contributed by atoms with Crippen LogP contribution < -0.4 is 5.32 Å². The molecular weight excluding hydrogens is 288 g/mol. The zero-order chi connectivity index (χ0) is 16.2. The lowest BCUT2D eigenvalue weighted by molar-refractivity contribution is 0.180. The molecule has 2 heterocycles. The van der Waals surface area contributed by atoms with Crippen LogP contribution in [0.2, 0.25) is 0 Å². The molecule has 2 amide bonds. The Morgan fingerprint density at radius 1 is 1.30 bits per heavy atom. The number of nitrogens with one attached hydrogen (secondary N) is 2. The fourth-order valence-electron chi connectivity index (χ4n) is 3.32. The van der Waals surface area contributed by atoms with Gasteiger partial charge in [-0.05, 0) is 44.5 Å². The summed E-state index contributed by atoms with van der Waals surface area (Å²) in [7, 11) is 4.03. The van der Waals surface area contributed by atoms with Crippen LogP contribution in [-0.4, -0.2) is 61.1 Å². The number of aromatic nitrogens is 1. The molecule has 3 rings (SSSR count). The number of benzene rings is 1. The molecule has 1 aromatic heterocycles. The summed E-state index contributed by atoms with van der Waals surface area (Å²) in [6.07, 6.45) is 4.20. The van der Waals surface area contributed by atoms with Gasteiger partial charge in [-0.15, -0.1) is 0 Å². The number of amides is 2. The number of rotatable bonds is 4. The van der Waals surface area contributed by atoms with Crippen LogP contribution in [0.4, 0.5) is 4.79 Å². The standard InChI is InChI=1S/C18H26N4O/c1-21(2)12-9-19-18(23)22-10-7-14(8-11-22)16-13-20-17-6-4-3-5-15(16)17/h3-6,13-14,20H,7-12H2,1-2H3,(H,19,23). The lowest BCUT2D eigenvalue weighted by Crippen LogP contribution is -2.45. The second kappa shape index (κ2) is 7.04. The van der Waals surface area contributed by atoms with Gasteiger partial charge in [0.2, 0.25) is 0 Å². The summed E-state index contributed by atoms with van der Waals surface area (Å²) in [6, 6.07) is 8.52. The number of likely N-dealkylation sites (tertiary alicyclic amines) is 1. The lowest BCUT2D eigenvalue weighted by Gasteiger charge is -2.32. The molecule has 1 saturated heterocycles. The highest BCUT2D eigenvalue weighted by Crippen LogP contribution is 2.32. The summed E-state index contributed by atoms with van der Waals surface area (Å²) in [5, 5.41) is 4.32. The highest BCUT2D eigenvalue weighted by atomic mass is 16.2. The number of H-pyrrole nitrogens is 1. The molecule has 0 unspecified atom stereocenters. The van der Waals surface area contributed by atoms with Crippen LogP contribution in [0.1, 0.15) is 24.3 Å². The quantitative estimate of drug-likeness (QED) is 0.911. The van der Waals surface area contributed by atoms with Gasteiger partial charge in [-0.2, -0.15) is 0 Å². The SMILES string of the molecule is CN(C)CCNC(=O)N1CCC(c2c[nH]c3ccccc23)CC1. The summed E-state index contributed by atoms with van der Waals surface area (Å²) in [6.45, 7) is 3.24. The third-order valence-corrected chi connectivity index (χ3v) is 4.68. The monoisotopic (exact) mass is 314 g/mol. The average Bonchev–Trinajstić information content (AvgIpc) is 2.98. The van der Waals surface area contributed by atoms with E-state index in [0.717, 1.165) is 32.5 Å². The Morgan fingerprint density at radius 3 is 2.78 bits per heavy atom. The second-order valence-corrected chi connectivity index (χ2v) is 6.59. The van der Waals surface area contributed by atoms with Gasteiger partial charge in [0, 0.05) is 43.3 Å². The number of piperidine rings is 1. The topological polar surface area (TPSA) is 51.4 Å². The molecule has 0 aliphatic carbocycles. The van der Waals surface area contributed by atoms with E-state index in [1.54, 1.807) is 0 Å². The van der Waals surface area contributed by atoms with Crippen molar-refractivity contribution in [1.82, 2.24) is 20.1 Å². The summed E-state index contributed by atoms with van der Waals surface area (Å²) < 4.78 is 0. The first-order valence-electron chi connectivity index (χ1n) is 8.38. The molecule has 5 nitrogen and oxygen atoms in total. The van der Waals surface area contributed by atoms with E-state index < -0.39 is 0 Å². The van der Waals surface area contributed by atoms with Crippen molar-refractivity contribution in [3.8, 4) is 0 Å². The molecule has 0 spiro atoms. The number of fused-ring (bicyclic) bond motifs is 1. The van der Waals surface area contributed by atoms with E-state index in [0.29, 0.717) is 12.5 Å². The summed E-state index contributed by atoms with van der Waals surface area (Å²) >= 11 is 0. The molecular formula is C18H26N4O. The molecule has 0 bridgehead atoms. The first kappa shape index (κ1) is 15.9. The Kier molecular flexibility index (Phi) is 4.86. The first-order valence-corrected chi connectivity index (χ1v) is 8.38. The lowest BCUT2D eigenvalue weighted by atomic mass is 9.89. The van der Waals surface area contributed by atoms with E-state index in [2.05, 4.69) is 45.7 Å². The number of carbonyl (C=O) groups excluding carboxylic acids is 1. The smallest absolute Gasteiger partial charge is 0.317 e. The maximum atomic E-state index is 12.2. The molecule has 1 aromatic carbocycles. The van der Waals surface area contributed by atoms with Crippen molar-refractivity contribution >= 4 is 16.9 Å². The van der Waals surface area contributed by atoms with Gasteiger partial charge >= 0.3 is 6.03 Å². The van der Waals surface area contributed by atoms with Gasteiger partial charge < -0.3 is 20.1 Å². The second-order valence-electron chi connectivity index (χ2n) is 6.59. The summed E-state index contributed by atoms with van der Waals surface area (Å²) in [5.74, 6) is 0.539. The Morgan fingerprint density at radius 2 is 2.04 bits per heavy atom. The molecule has 23 heavy (non-hydrogen) atoms. The maximum Gasteiger partial charge on any atom is 0.317 e. The maximum absolute atomic E-state index is 12.2. The zero-order valence-corrected chi connectivity index (χ0v) is 14.0. The van der Waals surface area contributed by atoms with E-state index in [4.69, 9.17) is 0 Å². The Bertz CT molecular complexity index is 656. The zero-order valence-electron chi connectivity index (χ0n) is 14.0. The Hall–Kier alpha value is -2.01. The van der Waals surface area contributed by atoms with Crippen LogP contribution in [0.15, 0.2) is 30.5 Å². The predicted molar refractivity (Wildman–Crippen MR) is 93.8 cm³/mol. The van der Waals surface area contributed by atoms with Gasteiger partial charge in [0.15, 0.2) is 0 Å². The Balaban J connectivity index is 1.55. The normalized spacial score (nSPS) is 16.2. The fraction of sp³-hybridized carbons (Fsp3) is 0.500. The molecule has 1 aliphatic rings. The van der Waals surface area contributed by atoms with E-state index in [-0.39, 0.29) is 6.03 Å². The molecule has 5 heteroatoms. The molecule has 0 atom stereocenters. The van der Waals surface area contributed by atoms with Crippen molar-refractivity contribution in [2.24, 2.45) is 0 Å². The van der Waals surface area contributed by atoms with Crippen molar-refractivity contribution in [3.63, 3.8) is 0 Å². The number of hydrogen-bond donors (Lipinski definition) is 2. The highest BCUT2D eigenvalue weighted by Gasteiger charge is 2.25. The van der Waals surface area contributed by atoms with Gasteiger partial charge in [-0.3, -0.25) is 0 Å². The third-order valence-electron chi connectivity index (χ3n) is 4.68. The highest BCUT2D eigenvalue weighted by molar-refractivity contribution is 5.83. The number of likely N-dealkylation sites (N-methyl/N-ethyl adjacent to an activating group) is 1. The summed E-state index contributed by atoms with van der Waals surface area (Å²) in [4.78, 5) is 19.6. The van der Waals surface area contributed by atoms with Crippen LogP contribution >= 0.6 is 0 Å². The number of nitrogens with zero attached hydrogens (tertiary/aromatic N) is 2. The minimum absolute atomic E-state index is 0.0734. The molecule has 2 aromatic rings. The molecule has 1 aliphatic heterocycles. The minimum atomic E-state index is 0.0734. The third kappa shape index (κ3) is 3.67. The molecule has 1 fully saturated rings. The number of hydrogen-bond acceptors (Lipinski definition) is 2. The molecule has 0 saturated carbocycles. The molecule has 2 N–H and O–H groups in total. The van der Waals surface area contributed by atoms with Gasteiger partial charge in [-0.1, -0.05) is 18.2 Å². The van der Waals surface area contributed by atoms with Crippen molar-refractivity contribution in [2.75, 3.05) is 40.3 Å². The Labute approximate surface area is 137 Å². The van der Waals surface area contributed by atoms with Crippen LogP contribution in [0.3, 0.4) is 0 Å². The number of carbonyl (C=O) groups is 1. The van der Waals surface area contributed by atoms with Crippen LogP contribution in [0.5, 0.6) is 0 Å². The van der Waals surface area contributed by atoms with Crippen LogP contribution in [-0.2, 0) is 0 Å². The van der Waals surface area contributed by atoms with Crippen molar-refractivity contribution in [2.45, 2.75) is 18.8 Å². The van der Waals surface area contributed by atoms with Crippen LogP contribution in [0.25, 0.3) is 10.9 Å². The molecule has 124 valence electrons. The van der Waals surface area contributed by atoms with Gasteiger partial charge in [0.1, 0.15) is 0 Å². The van der Waals surface area contributed by atoms with Crippen LogP contribution in [0, 0.1) is 0 Å². The van der Waals surface area contributed by atoms with Gasteiger partial charge in [-0.25, -0.2) is 4.79 Å². The van der Waals surface area contributed by atoms with Gasteiger partial charge in [0.05, 0.1) is 0 Å². The van der Waals surface area contributed by atoms with Crippen molar-refractivity contribution in [3.05, 3.63) is 36.0 Å². The number of para-hydroxylation sites is 1.